The lowest BCUT2D eigenvalue weighted by Crippen LogP contribution is -2.44. The van der Waals surface area contributed by atoms with Gasteiger partial charge >= 0.3 is 0 Å². The summed E-state index contributed by atoms with van der Waals surface area (Å²) in [5, 5.41) is 11.0. The molecule has 1 unspecified atom stereocenters. The SMILES string of the molecule is CCN1CCC(N2CCc3ccc(C(O)c4cccnc4OC)cc32)CC1.Fc1ccccc1. The van der Waals surface area contributed by atoms with Crippen LogP contribution in [0.25, 0.3) is 0 Å². The van der Waals surface area contributed by atoms with Gasteiger partial charge in [0.25, 0.3) is 0 Å². The molecule has 1 N–H and O–H groups in total. The molecule has 34 heavy (non-hydrogen) atoms. The molecule has 5 rings (SSSR count). The van der Waals surface area contributed by atoms with Crippen molar-refractivity contribution < 1.29 is 14.2 Å². The molecular weight excluding hydrogens is 429 g/mol. The fourth-order valence-electron chi connectivity index (χ4n) is 4.89. The van der Waals surface area contributed by atoms with Crippen molar-refractivity contribution in [2.75, 3.05) is 38.2 Å². The van der Waals surface area contributed by atoms with Gasteiger partial charge in [0, 0.05) is 43.1 Å². The average Bonchev–Trinajstić information content (AvgIpc) is 3.32. The van der Waals surface area contributed by atoms with Crippen LogP contribution in [0.3, 0.4) is 0 Å². The zero-order valence-corrected chi connectivity index (χ0v) is 20.0. The van der Waals surface area contributed by atoms with Gasteiger partial charge in [0.1, 0.15) is 11.9 Å². The highest BCUT2D eigenvalue weighted by atomic mass is 19.1. The number of ether oxygens (including phenoxy) is 1. The van der Waals surface area contributed by atoms with E-state index >= 15 is 0 Å². The van der Waals surface area contributed by atoms with Crippen molar-refractivity contribution in [3.05, 3.63) is 89.4 Å². The van der Waals surface area contributed by atoms with Crippen molar-refractivity contribution in [1.29, 1.82) is 0 Å². The number of hydrogen-bond donors (Lipinski definition) is 1. The normalized spacial score (nSPS) is 17.0. The molecule has 1 saturated heterocycles. The van der Waals surface area contributed by atoms with Crippen molar-refractivity contribution in [2.24, 2.45) is 0 Å². The molecule has 5 nitrogen and oxygen atoms in total. The van der Waals surface area contributed by atoms with Crippen LogP contribution < -0.4 is 9.64 Å². The number of benzene rings is 2. The molecule has 0 radical (unpaired) electrons. The maximum atomic E-state index is 11.9. The molecule has 3 aromatic rings. The van der Waals surface area contributed by atoms with Crippen molar-refractivity contribution in [1.82, 2.24) is 9.88 Å². The minimum absolute atomic E-state index is 0.178. The summed E-state index contributed by atoms with van der Waals surface area (Å²) in [6.07, 6.45) is 4.48. The molecule has 2 aliphatic heterocycles. The molecule has 180 valence electrons. The number of aromatic nitrogens is 1. The van der Waals surface area contributed by atoms with Crippen LogP contribution in [0.4, 0.5) is 10.1 Å². The summed E-state index contributed by atoms with van der Waals surface area (Å²) >= 11 is 0. The van der Waals surface area contributed by atoms with Crippen LogP contribution in [0.1, 0.15) is 42.6 Å². The number of rotatable bonds is 5. The highest BCUT2D eigenvalue weighted by molar-refractivity contribution is 5.61. The van der Waals surface area contributed by atoms with Crippen molar-refractivity contribution in [3.63, 3.8) is 0 Å². The number of fused-ring (bicyclic) bond motifs is 1. The van der Waals surface area contributed by atoms with E-state index in [0.717, 1.165) is 25.1 Å². The molecule has 0 aliphatic carbocycles. The summed E-state index contributed by atoms with van der Waals surface area (Å²) in [5.41, 5.74) is 4.30. The number of piperidine rings is 1. The van der Waals surface area contributed by atoms with Crippen molar-refractivity contribution in [3.8, 4) is 5.88 Å². The molecule has 1 aromatic heterocycles. The maximum Gasteiger partial charge on any atom is 0.219 e. The predicted octanol–water partition coefficient (Wildman–Crippen LogP) is 4.84. The summed E-state index contributed by atoms with van der Waals surface area (Å²) in [5.74, 6) is 0.303. The number of anilines is 1. The summed E-state index contributed by atoms with van der Waals surface area (Å²) in [7, 11) is 1.59. The standard InChI is InChI=1S/C22H29N3O2.C6H5F/c1-3-24-12-9-18(10-13-24)25-14-8-16-6-7-17(15-20(16)25)21(26)19-5-4-11-23-22(19)27-2;7-6-4-2-1-3-5-6/h4-7,11,15,18,21,26H,3,8-10,12-14H2,1-2H3;1-5H. The number of hydrogen-bond acceptors (Lipinski definition) is 5. The molecule has 1 atom stereocenters. The van der Waals surface area contributed by atoms with Crippen molar-refractivity contribution in [2.45, 2.75) is 38.3 Å². The Morgan fingerprint density at radius 2 is 1.82 bits per heavy atom. The first kappa shape index (κ1) is 24.2. The second kappa shape index (κ2) is 11.4. The van der Waals surface area contributed by atoms with Gasteiger partial charge in [-0.1, -0.05) is 37.3 Å². The largest absolute Gasteiger partial charge is 0.481 e. The molecule has 6 heteroatoms. The third-order valence-electron chi connectivity index (χ3n) is 6.82. The van der Waals surface area contributed by atoms with Gasteiger partial charge in [-0.2, -0.15) is 0 Å². The van der Waals surface area contributed by atoms with E-state index in [9.17, 15) is 9.50 Å². The van der Waals surface area contributed by atoms with Crippen LogP contribution in [0.5, 0.6) is 5.88 Å². The van der Waals surface area contributed by atoms with Gasteiger partial charge in [0.15, 0.2) is 0 Å². The lowest BCUT2D eigenvalue weighted by Gasteiger charge is -2.37. The van der Waals surface area contributed by atoms with Gasteiger partial charge < -0.3 is 19.6 Å². The number of nitrogens with zero attached hydrogens (tertiary/aromatic N) is 3. The monoisotopic (exact) mass is 463 g/mol. The van der Waals surface area contributed by atoms with E-state index in [0.29, 0.717) is 17.5 Å². The van der Waals surface area contributed by atoms with E-state index in [-0.39, 0.29) is 5.82 Å². The third kappa shape index (κ3) is 5.57. The Kier molecular flexibility index (Phi) is 8.14. The van der Waals surface area contributed by atoms with Crippen LogP contribution in [-0.2, 0) is 6.42 Å². The molecule has 1 fully saturated rings. The van der Waals surface area contributed by atoms with Gasteiger partial charge in [-0.3, -0.25) is 0 Å². The summed E-state index contributed by atoms with van der Waals surface area (Å²) < 4.78 is 17.2. The smallest absolute Gasteiger partial charge is 0.219 e. The van der Waals surface area contributed by atoms with E-state index in [1.54, 1.807) is 31.5 Å². The van der Waals surface area contributed by atoms with Gasteiger partial charge in [-0.05, 0) is 67.3 Å². The number of methoxy groups -OCH3 is 1. The van der Waals surface area contributed by atoms with E-state index in [1.165, 1.54) is 49.3 Å². The van der Waals surface area contributed by atoms with Gasteiger partial charge in [-0.25, -0.2) is 9.37 Å². The highest BCUT2D eigenvalue weighted by Gasteiger charge is 2.30. The fourth-order valence-corrected chi connectivity index (χ4v) is 4.89. The van der Waals surface area contributed by atoms with Crippen LogP contribution in [0.2, 0.25) is 0 Å². The van der Waals surface area contributed by atoms with Gasteiger partial charge in [-0.15, -0.1) is 0 Å². The first-order chi connectivity index (χ1) is 16.6. The molecule has 0 bridgehead atoms. The third-order valence-corrected chi connectivity index (χ3v) is 6.82. The first-order valence-corrected chi connectivity index (χ1v) is 12.1. The molecule has 0 saturated carbocycles. The van der Waals surface area contributed by atoms with Crippen LogP contribution in [0.15, 0.2) is 66.9 Å². The predicted molar refractivity (Wildman–Crippen MR) is 134 cm³/mol. The Morgan fingerprint density at radius 3 is 2.47 bits per heavy atom. The van der Waals surface area contributed by atoms with Crippen LogP contribution >= 0.6 is 0 Å². The molecule has 2 aromatic carbocycles. The number of likely N-dealkylation sites (tertiary alicyclic amines) is 1. The second-order valence-corrected chi connectivity index (χ2v) is 8.80. The van der Waals surface area contributed by atoms with E-state index in [2.05, 4.69) is 33.8 Å². The Hall–Kier alpha value is -2.96. The minimum Gasteiger partial charge on any atom is -0.481 e. The number of pyridine rings is 1. The lowest BCUT2D eigenvalue weighted by atomic mass is 9.99. The first-order valence-electron chi connectivity index (χ1n) is 12.1. The molecule has 0 amide bonds. The zero-order chi connectivity index (χ0) is 23.9. The van der Waals surface area contributed by atoms with E-state index < -0.39 is 6.10 Å². The Morgan fingerprint density at radius 1 is 1.06 bits per heavy atom. The quantitative estimate of drug-likeness (QED) is 0.587. The Bertz CT molecular complexity index is 1050. The lowest BCUT2D eigenvalue weighted by molar-refractivity contribution is 0.213. The summed E-state index contributed by atoms with van der Waals surface area (Å²) in [6.45, 7) is 6.84. The topological polar surface area (TPSA) is 48.8 Å². The van der Waals surface area contributed by atoms with Crippen molar-refractivity contribution >= 4 is 5.69 Å². The van der Waals surface area contributed by atoms with Crippen LogP contribution in [-0.4, -0.2) is 54.3 Å². The number of aliphatic hydroxyl groups is 1. The molecule has 2 aliphatic rings. The Labute approximate surface area is 201 Å². The molecular formula is C28H34FN3O2. The Balaban J connectivity index is 0.000000336. The summed E-state index contributed by atoms with van der Waals surface area (Å²) in [4.78, 5) is 9.32. The minimum atomic E-state index is -0.733. The molecule has 3 heterocycles. The zero-order valence-electron chi connectivity index (χ0n) is 20.0. The van der Waals surface area contributed by atoms with E-state index in [1.807, 2.05) is 18.2 Å². The second-order valence-electron chi connectivity index (χ2n) is 8.80. The van der Waals surface area contributed by atoms with Gasteiger partial charge in [0.2, 0.25) is 5.88 Å². The highest BCUT2D eigenvalue weighted by Crippen LogP contribution is 2.37. The summed E-state index contributed by atoms with van der Waals surface area (Å²) in [6, 6.07) is 18.6. The molecule has 0 spiro atoms. The average molecular weight is 464 g/mol. The maximum absolute atomic E-state index is 11.9. The van der Waals surface area contributed by atoms with Crippen LogP contribution in [0, 0.1) is 5.82 Å². The fraction of sp³-hybridized carbons (Fsp3) is 0.393. The number of aliphatic hydroxyl groups excluding tert-OH is 1. The van der Waals surface area contributed by atoms with E-state index in [4.69, 9.17) is 4.74 Å². The number of halogens is 1. The van der Waals surface area contributed by atoms with Gasteiger partial charge in [0.05, 0.1) is 7.11 Å².